The van der Waals surface area contributed by atoms with Crippen molar-refractivity contribution < 1.29 is 9.90 Å². The third-order valence-electron chi connectivity index (χ3n) is 5.07. The molecule has 1 saturated heterocycles. The number of carbonyl (C=O) groups excluding carboxylic acids is 1. The van der Waals surface area contributed by atoms with Gasteiger partial charge in [0.2, 0.25) is 0 Å². The Morgan fingerprint density at radius 1 is 1.27 bits per heavy atom. The molecule has 116 valence electrons. The van der Waals surface area contributed by atoms with Gasteiger partial charge in [0.1, 0.15) is 5.69 Å². The number of aliphatic hydroxyl groups excluding tert-OH is 1. The van der Waals surface area contributed by atoms with Crippen molar-refractivity contribution in [2.24, 2.45) is 5.41 Å². The second-order valence-corrected chi connectivity index (χ2v) is 6.18. The Kier molecular flexibility index (Phi) is 4.12. The lowest BCUT2D eigenvalue weighted by atomic mass is 9.77. The predicted molar refractivity (Wildman–Crippen MR) is 86.7 cm³/mol. The van der Waals surface area contributed by atoms with Gasteiger partial charge in [0.25, 0.3) is 5.91 Å². The molecule has 0 unspecified atom stereocenters. The van der Waals surface area contributed by atoms with Gasteiger partial charge in [0.05, 0.1) is 0 Å². The van der Waals surface area contributed by atoms with Crippen LogP contribution < -0.4 is 0 Å². The van der Waals surface area contributed by atoms with Crippen molar-refractivity contribution in [2.45, 2.75) is 26.2 Å². The lowest BCUT2D eigenvalue weighted by Gasteiger charge is -2.40. The van der Waals surface area contributed by atoms with Crippen LogP contribution in [0, 0.1) is 5.41 Å². The van der Waals surface area contributed by atoms with Crippen molar-refractivity contribution in [1.82, 2.24) is 9.88 Å². The summed E-state index contributed by atoms with van der Waals surface area (Å²) >= 11 is 0. The van der Waals surface area contributed by atoms with E-state index in [1.165, 1.54) is 0 Å². The van der Waals surface area contributed by atoms with E-state index in [2.05, 4.69) is 11.9 Å². The Morgan fingerprint density at radius 2 is 2.00 bits per heavy atom. The number of likely N-dealkylation sites (tertiary alicyclic amines) is 1. The number of benzene rings is 1. The van der Waals surface area contributed by atoms with Crippen molar-refractivity contribution in [3.63, 3.8) is 0 Å². The molecule has 1 aliphatic heterocycles. The topological polar surface area (TPSA) is 53.4 Å². The van der Waals surface area contributed by atoms with E-state index in [9.17, 15) is 9.90 Å². The number of carbonyl (C=O) groups is 1. The maximum absolute atomic E-state index is 12.8. The van der Waals surface area contributed by atoms with Crippen molar-refractivity contribution in [3.8, 4) is 0 Å². The van der Waals surface area contributed by atoms with Crippen LogP contribution in [-0.4, -0.2) is 40.6 Å². The van der Waals surface area contributed by atoms with Crippen LogP contribution in [0.15, 0.2) is 36.5 Å². The number of pyridine rings is 1. The zero-order valence-electron chi connectivity index (χ0n) is 13.0. The molecular formula is C18H22N2O2. The molecule has 1 N–H and O–H groups in total. The van der Waals surface area contributed by atoms with Crippen LogP contribution in [0.4, 0.5) is 0 Å². The molecule has 1 fully saturated rings. The van der Waals surface area contributed by atoms with E-state index in [0.717, 1.165) is 30.0 Å². The molecule has 1 aromatic heterocycles. The van der Waals surface area contributed by atoms with E-state index in [1.807, 2.05) is 35.2 Å². The molecule has 1 aromatic carbocycles. The summed E-state index contributed by atoms with van der Waals surface area (Å²) in [6.45, 7) is 3.70. The smallest absolute Gasteiger partial charge is 0.273 e. The predicted octanol–water partition coefficient (Wildman–Crippen LogP) is 2.86. The molecule has 0 atom stereocenters. The highest BCUT2D eigenvalue weighted by Crippen LogP contribution is 2.34. The molecular weight excluding hydrogens is 276 g/mol. The number of aromatic nitrogens is 1. The molecule has 2 aromatic rings. The first-order valence-corrected chi connectivity index (χ1v) is 7.93. The lowest BCUT2D eigenvalue weighted by Crippen LogP contribution is -2.44. The Labute approximate surface area is 130 Å². The third-order valence-corrected chi connectivity index (χ3v) is 5.07. The largest absolute Gasteiger partial charge is 0.396 e. The summed E-state index contributed by atoms with van der Waals surface area (Å²) in [6, 6.07) is 9.77. The first kappa shape index (κ1) is 15.0. The van der Waals surface area contributed by atoms with Gasteiger partial charge < -0.3 is 10.0 Å². The van der Waals surface area contributed by atoms with Crippen LogP contribution in [0.1, 0.15) is 36.7 Å². The zero-order valence-corrected chi connectivity index (χ0v) is 13.0. The second kappa shape index (κ2) is 6.05. The number of hydrogen-bond acceptors (Lipinski definition) is 3. The molecule has 4 nitrogen and oxygen atoms in total. The summed E-state index contributed by atoms with van der Waals surface area (Å²) in [5.41, 5.74) is 0.522. The number of hydrogen-bond donors (Lipinski definition) is 1. The Hall–Kier alpha value is -1.94. The van der Waals surface area contributed by atoms with E-state index in [4.69, 9.17) is 0 Å². The molecule has 22 heavy (non-hydrogen) atoms. The van der Waals surface area contributed by atoms with Gasteiger partial charge in [0.15, 0.2) is 0 Å². The number of rotatable bonds is 3. The summed E-state index contributed by atoms with van der Waals surface area (Å²) < 4.78 is 0. The normalized spacial score (nSPS) is 17.6. The summed E-state index contributed by atoms with van der Waals surface area (Å²) in [6.07, 6.45) is 4.37. The van der Waals surface area contributed by atoms with Gasteiger partial charge in [-0.3, -0.25) is 9.78 Å². The zero-order chi connectivity index (χ0) is 15.6. The number of aliphatic hydroxyl groups is 1. The lowest BCUT2D eigenvalue weighted by molar-refractivity contribution is 0.0336. The minimum Gasteiger partial charge on any atom is -0.396 e. The molecule has 0 saturated carbocycles. The van der Waals surface area contributed by atoms with E-state index >= 15 is 0 Å². The highest BCUT2D eigenvalue weighted by Gasteiger charge is 2.34. The molecule has 1 aliphatic rings. The quantitative estimate of drug-likeness (QED) is 0.948. The highest BCUT2D eigenvalue weighted by atomic mass is 16.3. The van der Waals surface area contributed by atoms with Gasteiger partial charge in [0, 0.05) is 31.3 Å². The van der Waals surface area contributed by atoms with Gasteiger partial charge in [-0.25, -0.2) is 0 Å². The molecule has 0 aliphatic carbocycles. The Balaban J connectivity index is 1.83. The van der Waals surface area contributed by atoms with Crippen LogP contribution >= 0.6 is 0 Å². The molecule has 3 rings (SSSR count). The van der Waals surface area contributed by atoms with Gasteiger partial charge in [-0.05, 0) is 36.1 Å². The first-order chi connectivity index (χ1) is 10.7. The summed E-state index contributed by atoms with van der Waals surface area (Å²) in [5, 5.41) is 11.6. The third kappa shape index (κ3) is 2.59. The molecule has 0 radical (unpaired) electrons. The standard InChI is InChI=1S/C18H22N2O2/c1-2-18(13-21)8-11-20(12-9-18)17(22)16-15-6-4-3-5-14(15)7-10-19-16/h3-7,10,21H,2,8-9,11-13H2,1H3. The average molecular weight is 298 g/mol. The minimum atomic E-state index is -0.0109. The van der Waals surface area contributed by atoms with E-state index < -0.39 is 0 Å². The van der Waals surface area contributed by atoms with Crippen molar-refractivity contribution >= 4 is 16.7 Å². The van der Waals surface area contributed by atoms with E-state index in [0.29, 0.717) is 18.8 Å². The SMILES string of the molecule is CCC1(CO)CCN(C(=O)c2nccc3ccccc23)CC1. The van der Waals surface area contributed by atoms with Crippen molar-refractivity contribution in [3.05, 3.63) is 42.2 Å². The fourth-order valence-corrected chi connectivity index (χ4v) is 3.25. The van der Waals surface area contributed by atoms with Gasteiger partial charge in [-0.2, -0.15) is 0 Å². The van der Waals surface area contributed by atoms with Crippen LogP contribution in [0.3, 0.4) is 0 Å². The molecule has 0 spiro atoms. The first-order valence-electron chi connectivity index (χ1n) is 7.93. The van der Waals surface area contributed by atoms with Gasteiger partial charge in [-0.1, -0.05) is 31.2 Å². The summed E-state index contributed by atoms with van der Waals surface area (Å²) in [5.74, 6) is -0.000516. The van der Waals surface area contributed by atoms with Crippen LogP contribution in [0.25, 0.3) is 10.8 Å². The monoisotopic (exact) mass is 298 g/mol. The average Bonchev–Trinajstić information content (AvgIpc) is 2.60. The second-order valence-electron chi connectivity index (χ2n) is 6.18. The number of amides is 1. The Morgan fingerprint density at radius 3 is 2.68 bits per heavy atom. The van der Waals surface area contributed by atoms with Gasteiger partial charge in [-0.15, -0.1) is 0 Å². The molecule has 2 heterocycles. The van der Waals surface area contributed by atoms with Crippen LogP contribution in [0.5, 0.6) is 0 Å². The van der Waals surface area contributed by atoms with E-state index in [-0.39, 0.29) is 17.9 Å². The number of piperidine rings is 1. The maximum atomic E-state index is 12.8. The summed E-state index contributed by atoms with van der Waals surface area (Å²) in [4.78, 5) is 19.0. The minimum absolute atomic E-state index is 0.000516. The van der Waals surface area contributed by atoms with E-state index in [1.54, 1.807) is 6.20 Å². The van der Waals surface area contributed by atoms with Gasteiger partial charge >= 0.3 is 0 Å². The number of fused-ring (bicyclic) bond motifs is 1. The molecule has 1 amide bonds. The maximum Gasteiger partial charge on any atom is 0.273 e. The van der Waals surface area contributed by atoms with Crippen molar-refractivity contribution in [1.29, 1.82) is 0 Å². The van der Waals surface area contributed by atoms with Crippen LogP contribution in [-0.2, 0) is 0 Å². The van der Waals surface area contributed by atoms with Crippen LogP contribution in [0.2, 0.25) is 0 Å². The fourth-order valence-electron chi connectivity index (χ4n) is 3.25. The summed E-state index contributed by atoms with van der Waals surface area (Å²) in [7, 11) is 0. The Bertz CT molecular complexity index is 664. The fraction of sp³-hybridized carbons (Fsp3) is 0.444. The molecule has 4 heteroatoms. The van der Waals surface area contributed by atoms with Crippen molar-refractivity contribution in [2.75, 3.05) is 19.7 Å². The highest BCUT2D eigenvalue weighted by molar-refractivity contribution is 6.05. The number of nitrogens with zero attached hydrogens (tertiary/aromatic N) is 2. The molecule has 0 bridgehead atoms.